The number of rotatable bonds is 5. The van der Waals surface area contributed by atoms with Gasteiger partial charge in [0.05, 0.1) is 11.5 Å². The van der Waals surface area contributed by atoms with E-state index in [-0.39, 0.29) is 17.5 Å². The fourth-order valence-corrected chi connectivity index (χ4v) is 4.93. The lowest BCUT2D eigenvalue weighted by atomic mass is 10.2. The van der Waals surface area contributed by atoms with Gasteiger partial charge in [-0.25, -0.2) is 13.1 Å². The van der Waals surface area contributed by atoms with Crippen molar-refractivity contribution in [1.82, 2.24) is 4.72 Å². The van der Waals surface area contributed by atoms with Gasteiger partial charge in [0.15, 0.2) is 0 Å². The summed E-state index contributed by atoms with van der Waals surface area (Å²) >= 11 is 1.28. The summed E-state index contributed by atoms with van der Waals surface area (Å²) in [6.07, 6.45) is 2.19. The third kappa shape index (κ3) is 2.70. The first kappa shape index (κ1) is 13.0. The van der Waals surface area contributed by atoms with Gasteiger partial charge in [-0.3, -0.25) is 0 Å². The molecule has 2 N–H and O–H groups in total. The second-order valence-electron chi connectivity index (χ2n) is 4.58. The smallest absolute Gasteiger partial charge is 0.242 e. The minimum absolute atomic E-state index is 0.0224. The van der Waals surface area contributed by atoms with Gasteiger partial charge in [-0.15, -0.1) is 11.3 Å². The number of hydrogen-bond acceptors (Lipinski definition) is 4. The Morgan fingerprint density at radius 2 is 2.24 bits per heavy atom. The number of aliphatic hydroxyl groups is 1. The van der Waals surface area contributed by atoms with Gasteiger partial charge in [0.1, 0.15) is 4.90 Å². The maximum Gasteiger partial charge on any atom is 0.242 e. The third-order valence-corrected chi connectivity index (χ3v) is 6.08. The van der Waals surface area contributed by atoms with E-state index < -0.39 is 10.0 Å². The first-order valence-electron chi connectivity index (χ1n) is 5.66. The highest BCUT2D eigenvalue weighted by Gasteiger charge is 2.32. The zero-order valence-corrected chi connectivity index (χ0v) is 11.6. The molecule has 0 spiro atoms. The molecule has 1 aliphatic carbocycles. The van der Waals surface area contributed by atoms with E-state index >= 15 is 0 Å². The summed E-state index contributed by atoms with van der Waals surface area (Å²) in [4.78, 5) is 0.774. The van der Waals surface area contributed by atoms with Crippen LogP contribution in [0.5, 0.6) is 0 Å². The third-order valence-electron chi connectivity index (χ3n) is 3.07. The molecule has 0 aromatic carbocycles. The van der Waals surface area contributed by atoms with E-state index in [9.17, 15) is 8.42 Å². The molecule has 17 heavy (non-hydrogen) atoms. The molecular formula is C11H17NO3S2. The fraction of sp³-hybridized carbons (Fsp3) is 0.636. The first-order valence-corrected chi connectivity index (χ1v) is 8.02. The number of hydrogen-bond donors (Lipinski definition) is 2. The molecule has 0 aliphatic heterocycles. The zero-order valence-electron chi connectivity index (χ0n) is 9.93. The Morgan fingerprint density at radius 3 is 2.76 bits per heavy atom. The zero-order chi connectivity index (χ0) is 12.6. The van der Waals surface area contributed by atoms with E-state index in [0.29, 0.717) is 16.4 Å². The van der Waals surface area contributed by atoms with Crippen LogP contribution >= 0.6 is 11.3 Å². The maximum absolute atomic E-state index is 12.2. The Labute approximate surface area is 106 Å². The van der Waals surface area contributed by atoms with Gasteiger partial charge in [0.2, 0.25) is 10.0 Å². The lowest BCUT2D eigenvalue weighted by Crippen LogP contribution is -2.34. The summed E-state index contributed by atoms with van der Waals surface area (Å²) in [6, 6.07) is -0.0224. The lowest BCUT2D eigenvalue weighted by molar-refractivity contribution is 0.282. The van der Waals surface area contributed by atoms with E-state index in [1.807, 2.05) is 6.92 Å². The van der Waals surface area contributed by atoms with Crippen LogP contribution in [0.15, 0.2) is 10.3 Å². The molecule has 4 nitrogen and oxygen atoms in total. The molecule has 1 saturated carbocycles. The van der Waals surface area contributed by atoms with Crippen LogP contribution in [0.2, 0.25) is 0 Å². The number of thiophene rings is 1. The molecular weight excluding hydrogens is 258 g/mol. The van der Waals surface area contributed by atoms with Crippen molar-refractivity contribution in [3.05, 3.63) is 15.8 Å². The molecule has 1 aromatic heterocycles. The Bertz CT molecular complexity index is 503. The number of aliphatic hydroxyl groups excluding tert-OH is 1. The minimum atomic E-state index is -3.49. The van der Waals surface area contributed by atoms with Crippen LogP contribution in [0.1, 0.15) is 30.2 Å². The van der Waals surface area contributed by atoms with E-state index in [1.54, 1.807) is 12.3 Å². The van der Waals surface area contributed by atoms with Crippen molar-refractivity contribution in [2.24, 2.45) is 5.92 Å². The standard InChI is InChI=1S/C11H17NO3S2/c1-7-6-16-10(5-13)11(7)17(14,15)12-8(2)9-3-4-9/h6,8-9,12-13H,3-5H2,1-2H3. The van der Waals surface area contributed by atoms with E-state index in [4.69, 9.17) is 5.11 Å². The maximum atomic E-state index is 12.2. The highest BCUT2D eigenvalue weighted by molar-refractivity contribution is 7.89. The van der Waals surface area contributed by atoms with Crippen molar-refractivity contribution in [2.75, 3.05) is 0 Å². The molecule has 1 fully saturated rings. The topological polar surface area (TPSA) is 66.4 Å². The Balaban J connectivity index is 2.26. The monoisotopic (exact) mass is 275 g/mol. The van der Waals surface area contributed by atoms with E-state index in [2.05, 4.69) is 4.72 Å². The van der Waals surface area contributed by atoms with Crippen LogP contribution in [0.25, 0.3) is 0 Å². The minimum Gasteiger partial charge on any atom is -0.391 e. The molecule has 0 radical (unpaired) electrons. The second-order valence-corrected chi connectivity index (χ2v) is 7.19. The SMILES string of the molecule is Cc1csc(CO)c1S(=O)(=O)NC(C)C1CC1. The predicted molar refractivity (Wildman–Crippen MR) is 67.5 cm³/mol. The second kappa shape index (κ2) is 4.68. The molecule has 1 aromatic rings. The summed E-state index contributed by atoms with van der Waals surface area (Å²) in [7, 11) is -3.49. The van der Waals surface area contributed by atoms with Crippen molar-refractivity contribution < 1.29 is 13.5 Å². The van der Waals surface area contributed by atoms with Crippen molar-refractivity contribution in [3.8, 4) is 0 Å². The van der Waals surface area contributed by atoms with Crippen LogP contribution < -0.4 is 4.72 Å². The molecule has 1 unspecified atom stereocenters. The molecule has 6 heteroatoms. The molecule has 0 bridgehead atoms. The number of aryl methyl sites for hydroxylation is 1. The van der Waals surface area contributed by atoms with Gasteiger partial charge in [0.25, 0.3) is 0 Å². The quantitative estimate of drug-likeness (QED) is 0.858. The number of nitrogens with one attached hydrogen (secondary N) is 1. The van der Waals surface area contributed by atoms with E-state index in [0.717, 1.165) is 12.8 Å². The first-order chi connectivity index (χ1) is 7.95. The van der Waals surface area contributed by atoms with Gasteiger partial charge in [0, 0.05) is 6.04 Å². The van der Waals surface area contributed by atoms with Gasteiger partial charge in [-0.1, -0.05) is 0 Å². The Morgan fingerprint density at radius 1 is 1.59 bits per heavy atom. The molecule has 1 atom stereocenters. The largest absolute Gasteiger partial charge is 0.391 e. The highest BCUT2D eigenvalue weighted by Crippen LogP contribution is 2.34. The Hall–Kier alpha value is -0.430. The van der Waals surface area contributed by atoms with Gasteiger partial charge in [-0.2, -0.15) is 0 Å². The summed E-state index contributed by atoms with van der Waals surface area (Å²) in [5.74, 6) is 0.473. The van der Waals surface area contributed by atoms with Crippen LogP contribution in [-0.2, 0) is 16.6 Å². The molecule has 0 saturated heterocycles. The summed E-state index contributed by atoms with van der Waals surface area (Å²) in [5.41, 5.74) is 0.703. The van der Waals surface area contributed by atoms with Gasteiger partial charge in [-0.05, 0) is 43.6 Å². The molecule has 2 rings (SSSR count). The molecule has 1 aliphatic rings. The summed E-state index contributed by atoms with van der Waals surface area (Å²) < 4.78 is 27.1. The average Bonchev–Trinajstić information content (AvgIpc) is 3.01. The predicted octanol–water partition coefficient (Wildman–Crippen LogP) is 1.63. The van der Waals surface area contributed by atoms with Crippen LogP contribution in [0.3, 0.4) is 0 Å². The van der Waals surface area contributed by atoms with E-state index in [1.165, 1.54) is 11.3 Å². The fourth-order valence-electron chi connectivity index (χ4n) is 1.95. The van der Waals surface area contributed by atoms with Crippen molar-refractivity contribution in [1.29, 1.82) is 0 Å². The Kier molecular flexibility index (Phi) is 3.58. The molecule has 1 heterocycles. The highest BCUT2D eigenvalue weighted by atomic mass is 32.2. The summed E-state index contributed by atoms with van der Waals surface area (Å²) in [6.45, 7) is 3.42. The van der Waals surface area contributed by atoms with Crippen LogP contribution in [0.4, 0.5) is 0 Å². The molecule has 0 amide bonds. The molecule has 96 valence electrons. The normalized spacial score (nSPS) is 18.3. The van der Waals surface area contributed by atoms with Crippen molar-refractivity contribution >= 4 is 21.4 Å². The van der Waals surface area contributed by atoms with Crippen molar-refractivity contribution in [3.63, 3.8) is 0 Å². The van der Waals surface area contributed by atoms with Crippen LogP contribution in [0, 0.1) is 12.8 Å². The van der Waals surface area contributed by atoms with Crippen molar-refractivity contribution in [2.45, 2.75) is 44.2 Å². The van der Waals surface area contributed by atoms with Crippen LogP contribution in [-0.4, -0.2) is 19.6 Å². The number of sulfonamides is 1. The average molecular weight is 275 g/mol. The van der Waals surface area contributed by atoms with Gasteiger partial charge < -0.3 is 5.11 Å². The lowest BCUT2D eigenvalue weighted by Gasteiger charge is -2.14. The van der Waals surface area contributed by atoms with Gasteiger partial charge >= 0.3 is 0 Å². The summed E-state index contributed by atoms with van der Waals surface area (Å²) in [5, 5.41) is 10.9.